The van der Waals surface area contributed by atoms with Crippen LogP contribution in [-0.2, 0) is 14.6 Å². The Morgan fingerprint density at radius 1 is 0.581 bits per heavy atom. The van der Waals surface area contributed by atoms with E-state index >= 15 is 0 Å². The minimum atomic E-state index is -4.26. The summed E-state index contributed by atoms with van der Waals surface area (Å²) in [6, 6.07) is 0. The maximum Gasteiger partial charge on any atom is 0.397 e. The van der Waals surface area contributed by atoms with E-state index in [-0.39, 0.29) is 6.61 Å². The van der Waals surface area contributed by atoms with Crippen molar-refractivity contribution in [3.8, 4) is 0 Å². The lowest BCUT2D eigenvalue weighted by Crippen LogP contribution is -2.07. The predicted molar refractivity (Wildman–Crippen MR) is 120 cm³/mol. The Bertz CT molecular complexity index is 780. The van der Waals surface area contributed by atoms with Gasteiger partial charge in [-0.2, -0.15) is 8.42 Å². The van der Waals surface area contributed by atoms with Crippen LogP contribution in [0, 0.1) is 71.0 Å². The number of hydrogen-bond acceptors (Lipinski definition) is 3. The average molecular weight is 451 g/mol. The second kappa shape index (κ2) is 7.98. The molecule has 0 aromatic heterocycles. The second-order valence-corrected chi connectivity index (χ2v) is 13.9. The van der Waals surface area contributed by atoms with E-state index in [2.05, 4.69) is 11.1 Å². The van der Waals surface area contributed by atoms with Gasteiger partial charge in [-0.15, -0.1) is 0 Å². The third kappa shape index (κ3) is 5.69. The molecule has 6 rings (SSSR count). The summed E-state index contributed by atoms with van der Waals surface area (Å²) in [5.74, 6) is 11.6. The standard InChI is InChI=1S/C26H42O4S/c1-2-15-3-16(15)4-17-5-18(17)6-19-7-20(19)8-21-9-22(21)10-23-11-24(23)12-25-13-26(25)14-30-31(27,28)29/h15-26H,2-14H2,1H3,(H,27,28,29). The van der Waals surface area contributed by atoms with Gasteiger partial charge in [0.25, 0.3) is 0 Å². The lowest BCUT2D eigenvalue weighted by Gasteiger charge is -2.03. The van der Waals surface area contributed by atoms with E-state index in [1.54, 1.807) is 38.5 Å². The van der Waals surface area contributed by atoms with Crippen molar-refractivity contribution in [1.29, 1.82) is 0 Å². The van der Waals surface area contributed by atoms with Gasteiger partial charge in [-0.3, -0.25) is 4.55 Å². The fraction of sp³-hybridized carbons (Fsp3) is 1.00. The zero-order chi connectivity index (χ0) is 21.3. The van der Waals surface area contributed by atoms with Crippen LogP contribution >= 0.6 is 0 Å². The molecule has 5 heteroatoms. The van der Waals surface area contributed by atoms with Crippen LogP contribution in [0.4, 0.5) is 0 Å². The van der Waals surface area contributed by atoms with E-state index in [1.807, 2.05) is 0 Å². The zero-order valence-electron chi connectivity index (χ0n) is 19.2. The lowest BCUT2D eigenvalue weighted by molar-refractivity contribution is 0.250. The topological polar surface area (TPSA) is 63.6 Å². The maximum absolute atomic E-state index is 10.7. The molecular weight excluding hydrogens is 408 g/mol. The van der Waals surface area contributed by atoms with E-state index in [4.69, 9.17) is 4.55 Å². The lowest BCUT2D eigenvalue weighted by atomic mass is 10.0. The molecule has 0 aromatic carbocycles. The molecule has 6 aliphatic rings. The molecule has 0 saturated heterocycles. The summed E-state index contributed by atoms with van der Waals surface area (Å²) in [7, 11) is -4.26. The van der Waals surface area contributed by atoms with Crippen LogP contribution in [0.5, 0.6) is 0 Å². The van der Waals surface area contributed by atoms with Crippen LogP contribution in [0.1, 0.15) is 84.0 Å². The summed E-state index contributed by atoms with van der Waals surface area (Å²) in [6.45, 7) is 2.54. The van der Waals surface area contributed by atoms with Crippen LogP contribution in [0.15, 0.2) is 0 Å². The molecule has 0 amide bonds. The summed E-state index contributed by atoms with van der Waals surface area (Å²) < 4.78 is 34.6. The van der Waals surface area contributed by atoms with Crippen molar-refractivity contribution in [2.45, 2.75) is 84.0 Å². The Morgan fingerprint density at radius 3 is 1.19 bits per heavy atom. The smallest absolute Gasteiger partial charge is 0.264 e. The van der Waals surface area contributed by atoms with E-state index in [9.17, 15) is 8.42 Å². The van der Waals surface area contributed by atoms with Gasteiger partial charge in [-0.05, 0) is 142 Å². The van der Waals surface area contributed by atoms with Gasteiger partial charge in [0.05, 0.1) is 6.61 Å². The largest absolute Gasteiger partial charge is 0.397 e. The number of hydrogen-bond donors (Lipinski definition) is 1. The molecule has 0 radical (unpaired) electrons. The Labute approximate surface area is 189 Å². The Balaban J connectivity index is 0.807. The first-order valence-electron chi connectivity index (χ1n) is 13.5. The van der Waals surface area contributed by atoms with Crippen molar-refractivity contribution in [3.63, 3.8) is 0 Å². The van der Waals surface area contributed by atoms with Gasteiger partial charge >= 0.3 is 10.4 Å². The van der Waals surface area contributed by atoms with Gasteiger partial charge < -0.3 is 0 Å². The molecule has 6 fully saturated rings. The monoisotopic (exact) mass is 450 g/mol. The SMILES string of the molecule is CCC1CC1CC1CC1CC1CC1CC1CC1CC1CC1CC1CC1COS(=O)(=O)O. The quantitative estimate of drug-likeness (QED) is 0.331. The van der Waals surface area contributed by atoms with Crippen molar-refractivity contribution >= 4 is 10.4 Å². The average Bonchev–Trinajstić information content (AvgIpc) is 3.52. The van der Waals surface area contributed by atoms with Crippen molar-refractivity contribution < 1.29 is 17.2 Å². The highest BCUT2D eigenvalue weighted by Crippen LogP contribution is 2.62. The van der Waals surface area contributed by atoms with Gasteiger partial charge in [-0.25, -0.2) is 4.18 Å². The third-order valence-corrected chi connectivity index (χ3v) is 10.8. The Hall–Kier alpha value is -0.130. The first-order chi connectivity index (χ1) is 14.9. The summed E-state index contributed by atoms with van der Waals surface area (Å²) in [5, 5.41) is 0. The second-order valence-electron chi connectivity index (χ2n) is 12.8. The highest BCUT2D eigenvalue weighted by atomic mass is 32.3. The minimum absolute atomic E-state index is 0.176. The maximum atomic E-state index is 10.7. The van der Waals surface area contributed by atoms with Gasteiger partial charge in [0, 0.05) is 0 Å². The molecule has 0 aliphatic heterocycles. The van der Waals surface area contributed by atoms with Crippen LogP contribution in [0.25, 0.3) is 0 Å². The summed E-state index contributed by atoms with van der Waals surface area (Å²) in [5.41, 5.74) is 0. The van der Waals surface area contributed by atoms with Gasteiger partial charge in [0.2, 0.25) is 0 Å². The van der Waals surface area contributed by atoms with Crippen LogP contribution in [0.3, 0.4) is 0 Å². The summed E-state index contributed by atoms with van der Waals surface area (Å²) in [4.78, 5) is 0. The molecule has 12 unspecified atom stereocenters. The molecule has 6 aliphatic carbocycles. The van der Waals surface area contributed by atoms with Gasteiger partial charge in [0.1, 0.15) is 0 Å². The normalized spacial score (nSPS) is 51.4. The molecule has 6 saturated carbocycles. The highest BCUT2D eigenvalue weighted by molar-refractivity contribution is 7.80. The molecule has 4 nitrogen and oxygen atoms in total. The molecule has 0 heterocycles. The van der Waals surface area contributed by atoms with Crippen molar-refractivity contribution in [2.24, 2.45) is 71.0 Å². The van der Waals surface area contributed by atoms with Crippen LogP contribution in [0.2, 0.25) is 0 Å². The molecule has 0 spiro atoms. The van der Waals surface area contributed by atoms with Gasteiger partial charge in [0.15, 0.2) is 0 Å². The predicted octanol–water partition coefficient (Wildman–Crippen LogP) is 5.98. The first-order valence-corrected chi connectivity index (χ1v) is 14.8. The van der Waals surface area contributed by atoms with E-state index < -0.39 is 10.4 Å². The number of rotatable bonds is 14. The molecule has 0 bridgehead atoms. The van der Waals surface area contributed by atoms with Crippen LogP contribution in [-0.4, -0.2) is 19.6 Å². The van der Waals surface area contributed by atoms with E-state index in [0.717, 1.165) is 65.6 Å². The fourth-order valence-corrected chi connectivity index (χ4v) is 7.92. The molecular formula is C26H42O4S. The molecule has 12 atom stereocenters. The fourth-order valence-electron chi connectivity index (χ4n) is 7.57. The van der Waals surface area contributed by atoms with E-state index in [0.29, 0.717) is 11.8 Å². The molecule has 0 aromatic rings. The van der Waals surface area contributed by atoms with Crippen molar-refractivity contribution in [1.82, 2.24) is 0 Å². The minimum Gasteiger partial charge on any atom is -0.264 e. The highest BCUT2D eigenvalue weighted by Gasteiger charge is 2.52. The first kappa shape index (κ1) is 21.4. The Kier molecular flexibility index (Phi) is 5.51. The zero-order valence-corrected chi connectivity index (χ0v) is 20.0. The van der Waals surface area contributed by atoms with Crippen molar-refractivity contribution in [2.75, 3.05) is 6.61 Å². The summed E-state index contributed by atoms with van der Waals surface area (Å²) >= 11 is 0. The van der Waals surface area contributed by atoms with E-state index in [1.165, 1.54) is 32.1 Å². The molecule has 31 heavy (non-hydrogen) atoms. The van der Waals surface area contributed by atoms with Gasteiger partial charge in [-0.1, -0.05) is 13.3 Å². The van der Waals surface area contributed by atoms with Crippen LogP contribution < -0.4 is 0 Å². The molecule has 1 N–H and O–H groups in total. The van der Waals surface area contributed by atoms with Crippen molar-refractivity contribution in [3.05, 3.63) is 0 Å². The molecule has 176 valence electrons. The third-order valence-electron chi connectivity index (χ3n) is 10.4. The Morgan fingerprint density at radius 2 is 0.871 bits per heavy atom. The summed E-state index contributed by atoms with van der Waals surface area (Å²) in [6.07, 6.45) is 17.5.